The van der Waals surface area contributed by atoms with E-state index in [1.807, 2.05) is 0 Å². The Kier molecular flexibility index (Phi) is 25.6. The van der Waals surface area contributed by atoms with Crippen LogP contribution in [0.1, 0.15) is 110 Å². The van der Waals surface area contributed by atoms with Gasteiger partial charge in [-0.15, -0.1) is 0 Å². The molecule has 0 saturated carbocycles. The third-order valence-corrected chi connectivity index (χ3v) is 4.67. The molecule has 0 rings (SSSR count). The van der Waals surface area contributed by atoms with Gasteiger partial charge in [-0.25, -0.2) is 0 Å². The zero-order chi connectivity index (χ0) is 16.3. The molecule has 23 heavy (non-hydrogen) atoms. The molecule has 0 aliphatic heterocycles. The van der Waals surface area contributed by atoms with Crippen LogP contribution in [0, 0.1) is 0 Å². The fourth-order valence-electron chi connectivity index (χ4n) is 2.81. The van der Waals surface area contributed by atoms with E-state index in [1.54, 1.807) is 0 Å². The molecule has 0 bridgehead atoms. The maximum absolute atomic E-state index is 10.3. The summed E-state index contributed by atoms with van der Waals surface area (Å²) in [5.74, 6) is 0. The standard InChI is InChI=1S/C18H39O3P.Cr/c1-2-3-4-5-6-7-8-9-10-11-12-13-14-15-16-17-18-21-22(19)20;/h22H,2-18H2,1H3,(H,19,20);. The molecule has 0 radical (unpaired) electrons. The molecular weight excluding hydrogens is 347 g/mol. The van der Waals surface area contributed by atoms with Crippen molar-refractivity contribution in [3.63, 3.8) is 0 Å². The fourth-order valence-corrected chi connectivity index (χ4v) is 3.13. The van der Waals surface area contributed by atoms with Gasteiger partial charge in [0, 0.05) is 17.4 Å². The SMILES string of the molecule is CCCCCCCCCCCCCCCCCCO[PH](=O)O.[Cr]. The van der Waals surface area contributed by atoms with Crippen molar-refractivity contribution in [3.05, 3.63) is 0 Å². The Balaban J connectivity index is 0. The molecule has 1 unspecified atom stereocenters. The zero-order valence-electron chi connectivity index (χ0n) is 15.2. The minimum Gasteiger partial charge on any atom is -0.326 e. The van der Waals surface area contributed by atoms with E-state index in [0.717, 1.165) is 12.8 Å². The number of hydrogen-bond acceptors (Lipinski definition) is 2. The number of rotatable bonds is 18. The monoisotopic (exact) mass is 386 g/mol. The quantitative estimate of drug-likeness (QED) is 0.212. The minimum atomic E-state index is -2.70. The topological polar surface area (TPSA) is 46.5 Å². The van der Waals surface area contributed by atoms with Crippen LogP contribution in [0.3, 0.4) is 0 Å². The van der Waals surface area contributed by atoms with E-state index in [2.05, 4.69) is 11.4 Å². The van der Waals surface area contributed by atoms with Gasteiger partial charge in [-0.3, -0.25) is 4.57 Å². The van der Waals surface area contributed by atoms with Gasteiger partial charge in [0.25, 0.3) is 0 Å². The molecule has 3 nitrogen and oxygen atoms in total. The van der Waals surface area contributed by atoms with Gasteiger partial charge >= 0.3 is 8.25 Å². The van der Waals surface area contributed by atoms with E-state index in [4.69, 9.17) is 4.89 Å². The minimum absolute atomic E-state index is 0. The van der Waals surface area contributed by atoms with Gasteiger partial charge < -0.3 is 9.42 Å². The summed E-state index contributed by atoms with van der Waals surface area (Å²) in [7, 11) is -2.70. The maximum atomic E-state index is 10.3. The first-order chi connectivity index (χ1) is 10.8. The molecule has 140 valence electrons. The van der Waals surface area contributed by atoms with Crippen molar-refractivity contribution >= 4 is 8.25 Å². The van der Waals surface area contributed by atoms with Crippen LogP contribution >= 0.6 is 8.25 Å². The van der Waals surface area contributed by atoms with Crippen molar-refractivity contribution in [3.8, 4) is 0 Å². The molecule has 0 fully saturated rings. The average molecular weight is 386 g/mol. The van der Waals surface area contributed by atoms with Gasteiger partial charge in [0.05, 0.1) is 6.61 Å². The van der Waals surface area contributed by atoms with E-state index in [1.165, 1.54) is 89.9 Å². The van der Waals surface area contributed by atoms with Crippen molar-refractivity contribution in [2.45, 2.75) is 110 Å². The first-order valence-corrected chi connectivity index (χ1v) is 10.9. The summed E-state index contributed by atoms with van der Waals surface area (Å²) >= 11 is 0. The molecule has 0 aromatic heterocycles. The van der Waals surface area contributed by atoms with E-state index >= 15 is 0 Å². The third-order valence-electron chi connectivity index (χ3n) is 4.22. The van der Waals surface area contributed by atoms with Crippen LogP contribution in [0.25, 0.3) is 0 Å². The summed E-state index contributed by atoms with van der Waals surface area (Å²) in [6.45, 7) is 2.71. The summed E-state index contributed by atoms with van der Waals surface area (Å²) in [5, 5.41) is 0. The van der Waals surface area contributed by atoms with Crippen LogP contribution in [-0.4, -0.2) is 11.5 Å². The summed E-state index contributed by atoms with van der Waals surface area (Å²) < 4.78 is 15.0. The molecule has 0 saturated heterocycles. The average Bonchev–Trinajstić information content (AvgIpc) is 2.50. The summed E-state index contributed by atoms with van der Waals surface area (Å²) in [6.07, 6.45) is 21.4. The summed E-state index contributed by atoms with van der Waals surface area (Å²) in [6, 6.07) is 0. The molecule has 0 heterocycles. The van der Waals surface area contributed by atoms with Crippen molar-refractivity contribution in [2.24, 2.45) is 0 Å². The van der Waals surface area contributed by atoms with Gasteiger partial charge in [-0.2, -0.15) is 0 Å². The Morgan fingerprint density at radius 2 is 0.957 bits per heavy atom. The summed E-state index contributed by atoms with van der Waals surface area (Å²) in [5.41, 5.74) is 0. The Morgan fingerprint density at radius 1 is 0.652 bits per heavy atom. The van der Waals surface area contributed by atoms with Crippen LogP contribution in [0.15, 0.2) is 0 Å². The van der Waals surface area contributed by atoms with Crippen LogP contribution in [0.5, 0.6) is 0 Å². The van der Waals surface area contributed by atoms with Gasteiger partial charge in [0.2, 0.25) is 0 Å². The predicted octanol–water partition coefficient (Wildman–Crippen LogP) is 6.64. The fraction of sp³-hybridized carbons (Fsp3) is 1.00. The molecule has 0 amide bonds. The Hall–Kier alpha value is 0.682. The normalized spacial score (nSPS) is 12.1. The zero-order valence-corrected chi connectivity index (χ0v) is 17.5. The molecule has 0 aliphatic carbocycles. The van der Waals surface area contributed by atoms with Gasteiger partial charge in [0.15, 0.2) is 0 Å². The Labute approximate surface area is 156 Å². The molecular formula is C18H39CrO3P. The van der Waals surface area contributed by atoms with E-state index < -0.39 is 8.25 Å². The predicted molar refractivity (Wildman–Crippen MR) is 96.7 cm³/mol. The first kappa shape index (κ1) is 25.9. The van der Waals surface area contributed by atoms with E-state index in [9.17, 15) is 4.57 Å². The second-order valence-electron chi connectivity index (χ2n) is 6.42. The van der Waals surface area contributed by atoms with Crippen LogP contribution in [-0.2, 0) is 26.4 Å². The molecule has 5 heteroatoms. The first-order valence-electron chi connectivity index (χ1n) is 9.63. The van der Waals surface area contributed by atoms with Gasteiger partial charge in [-0.05, 0) is 6.42 Å². The Morgan fingerprint density at radius 3 is 1.26 bits per heavy atom. The maximum Gasteiger partial charge on any atom is 0.316 e. The molecule has 1 atom stereocenters. The third kappa shape index (κ3) is 25.0. The van der Waals surface area contributed by atoms with Gasteiger partial charge in [-0.1, -0.05) is 103 Å². The number of hydrogen-bond donors (Lipinski definition) is 1. The van der Waals surface area contributed by atoms with Gasteiger partial charge in [0.1, 0.15) is 0 Å². The molecule has 1 N–H and O–H groups in total. The largest absolute Gasteiger partial charge is 0.326 e. The van der Waals surface area contributed by atoms with Crippen LogP contribution in [0.4, 0.5) is 0 Å². The second kappa shape index (κ2) is 22.7. The molecule has 0 aromatic rings. The molecule has 0 spiro atoms. The van der Waals surface area contributed by atoms with E-state index in [-0.39, 0.29) is 17.4 Å². The van der Waals surface area contributed by atoms with Crippen LogP contribution < -0.4 is 0 Å². The van der Waals surface area contributed by atoms with Crippen molar-refractivity contribution in [2.75, 3.05) is 6.61 Å². The van der Waals surface area contributed by atoms with Crippen LogP contribution in [0.2, 0.25) is 0 Å². The molecule has 0 aliphatic rings. The van der Waals surface area contributed by atoms with Crippen molar-refractivity contribution < 1.29 is 31.3 Å². The smallest absolute Gasteiger partial charge is 0.316 e. The second-order valence-corrected chi connectivity index (χ2v) is 7.24. The number of unbranched alkanes of at least 4 members (excludes halogenated alkanes) is 15. The van der Waals surface area contributed by atoms with Crippen molar-refractivity contribution in [1.82, 2.24) is 0 Å². The van der Waals surface area contributed by atoms with Crippen molar-refractivity contribution in [1.29, 1.82) is 0 Å². The summed E-state index contributed by atoms with van der Waals surface area (Å²) in [4.78, 5) is 8.50. The Bertz CT molecular complexity index is 240. The molecule has 0 aromatic carbocycles. The van der Waals surface area contributed by atoms with E-state index in [0.29, 0.717) is 6.61 Å².